The van der Waals surface area contributed by atoms with E-state index in [4.69, 9.17) is 0 Å². The second kappa shape index (κ2) is 7.16. The second-order valence-corrected chi connectivity index (χ2v) is 9.82. The van der Waals surface area contributed by atoms with Crippen molar-refractivity contribution in [3.8, 4) is 0 Å². The van der Waals surface area contributed by atoms with Crippen LogP contribution in [-0.4, -0.2) is 37.1 Å². The minimum Gasteiger partial charge on any atom is -0.368 e. The molecule has 2 aliphatic rings. The van der Waals surface area contributed by atoms with Crippen molar-refractivity contribution in [1.82, 2.24) is 14.2 Å². The standard InChI is InChI=1S/C22H26N4O2S/c1-25-14-17(18-6-2-4-8-20(18)25)15-26-12-10-16(11-13-26)22-23-19-7-3-5-9-21(19)29(27,28)24-22/h2-9,14,16,22-24H,10-13,15H2,1H3. The minimum absolute atomic E-state index is 0.241. The molecule has 0 bridgehead atoms. The fourth-order valence-corrected chi connectivity index (χ4v) is 6.09. The highest BCUT2D eigenvalue weighted by atomic mass is 32.2. The minimum atomic E-state index is -3.45. The van der Waals surface area contributed by atoms with Crippen LogP contribution in [0.2, 0.25) is 0 Å². The zero-order valence-corrected chi connectivity index (χ0v) is 17.3. The van der Waals surface area contributed by atoms with Gasteiger partial charge in [0.1, 0.15) is 4.90 Å². The lowest BCUT2D eigenvalue weighted by Crippen LogP contribution is -2.51. The summed E-state index contributed by atoms with van der Waals surface area (Å²) in [6, 6.07) is 15.6. The van der Waals surface area contributed by atoms with Gasteiger partial charge in [-0.1, -0.05) is 30.3 Å². The van der Waals surface area contributed by atoms with Crippen LogP contribution in [0.4, 0.5) is 5.69 Å². The number of fused-ring (bicyclic) bond motifs is 2. The first-order valence-corrected chi connectivity index (χ1v) is 11.6. The lowest BCUT2D eigenvalue weighted by molar-refractivity contribution is 0.164. The van der Waals surface area contributed by atoms with Crippen LogP contribution in [0, 0.1) is 5.92 Å². The zero-order valence-electron chi connectivity index (χ0n) is 16.5. The van der Waals surface area contributed by atoms with Crippen LogP contribution in [0.25, 0.3) is 10.9 Å². The quantitative estimate of drug-likeness (QED) is 0.696. The Bertz CT molecular complexity index is 1150. The van der Waals surface area contributed by atoms with Gasteiger partial charge in [-0.2, -0.15) is 4.72 Å². The summed E-state index contributed by atoms with van der Waals surface area (Å²) in [5.41, 5.74) is 3.32. The smallest absolute Gasteiger partial charge is 0.244 e. The molecule has 1 saturated heterocycles. The maximum absolute atomic E-state index is 12.6. The van der Waals surface area contributed by atoms with E-state index in [1.807, 2.05) is 12.1 Å². The Morgan fingerprint density at radius 2 is 1.76 bits per heavy atom. The van der Waals surface area contributed by atoms with Crippen LogP contribution in [0.1, 0.15) is 18.4 Å². The van der Waals surface area contributed by atoms with Gasteiger partial charge >= 0.3 is 0 Å². The number of hydrogen-bond acceptors (Lipinski definition) is 4. The van der Waals surface area contributed by atoms with Crippen molar-refractivity contribution in [2.45, 2.75) is 30.4 Å². The molecule has 29 heavy (non-hydrogen) atoms. The Kier molecular flexibility index (Phi) is 4.61. The van der Waals surface area contributed by atoms with Crippen LogP contribution in [0.5, 0.6) is 0 Å². The molecule has 1 fully saturated rings. The first kappa shape index (κ1) is 18.7. The molecule has 3 heterocycles. The summed E-state index contributed by atoms with van der Waals surface area (Å²) < 4.78 is 30.2. The average molecular weight is 411 g/mol. The van der Waals surface area contributed by atoms with Gasteiger partial charge in [0.25, 0.3) is 0 Å². The topological polar surface area (TPSA) is 66.4 Å². The molecule has 1 aromatic heterocycles. The molecule has 2 aromatic carbocycles. The maximum atomic E-state index is 12.6. The number of rotatable bonds is 3. The van der Waals surface area contributed by atoms with Crippen molar-refractivity contribution in [1.29, 1.82) is 0 Å². The zero-order chi connectivity index (χ0) is 20.0. The van der Waals surface area contributed by atoms with Gasteiger partial charge in [0.2, 0.25) is 10.0 Å². The number of anilines is 1. The fourth-order valence-electron chi connectivity index (χ4n) is 4.70. The van der Waals surface area contributed by atoms with E-state index in [1.54, 1.807) is 12.1 Å². The number of piperidine rings is 1. The van der Waals surface area contributed by atoms with Gasteiger partial charge in [0, 0.05) is 30.7 Å². The summed E-state index contributed by atoms with van der Waals surface area (Å²) in [5, 5.41) is 4.72. The molecular weight excluding hydrogens is 384 g/mol. The first-order chi connectivity index (χ1) is 14.0. The Balaban J connectivity index is 1.26. The molecule has 0 spiro atoms. The molecular formula is C22H26N4O2S. The van der Waals surface area contributed by atoms with E-state index in [0.29, 0.717) is 10.6 Å². The summed E-state index contributed by atoms with van der Waals surface area (Å²) in [4.78, 5) is 2.81. The molecule has 1 unspecified atom stereocenters. The molecule has 5 rings (SSSR count). The molecule has 2 N–H and O–H groups in total. The van der Waals surface area contributed by atoms with E-state index < -0.39 is 10.0 Å². The predicted octanol–water partition coefficient (Wildman–Crippen LogP) is 3.12. The fraction of sp³-hybridized carbons (Fsp3) is 0.364. The molecule has 7 heteroatoms. The maximum Gasteiger partial charge on any atom is 0.244 e. The molecule has 6 nitrogen and oxygen atoms in total. The Labute approximate surface area is 171 Å². The molecule has 0 saturated carbocycles. The van der Waals surface area contributed by atoms with Gasteiger partial charge in [-0.25, -0.2) is 8.42 Å². The van der Waals surface area contributed by atoms with Gasteiger partial charge in [0.05, 0.1) is 11.9 Å². The van der Waals surface area contributed by atoms with Gasteiger partial charge in [-0.15, -0.1) is 0 Å². The van der Waals surface area contributed by atoms with Crippen LogP contribution in [0.3, 0.4) is 0 Å². The van der Waals surface area contributed by atoms with Crippen molar-refractivity contribution in [2.75, 3.05) is 18.4 Å². The average Bonchev–Trinajstić information content (AvgIpc) is 3.04. The van der Waals surface area contributed by atoms with Crippen molar-refractivity contribution in [2.24, 2.45) is 13.0 Å². The van der Waals surface area contributed by atoms with Gasteiger partial charge < -0.3 is 9.88 Å². The monoisotopic (exact) mass is 410 g/mol. The number of para-hydroxylation sites is 2. The highest BCUT2D eigenvalue weighted by Gasteiger charge is 2.35. The summed E-state index contributed by atoms with van der Waals surface area (Å²) in [6.45, 7) is 2.87. The van der Waals surface area contributed by atoms with Crippen molar-refractivity contribution in [3.63, 3.8) is 0 Å². The number of aryl methyl sites for hydroxylation is 1. The molecule has 0 radical (unpaired) electrons. The highest BCUT2D eigenvalue weighted by Crippen LogP contribution is 2.31. The third-order valence-electron chi connectivity index (χ3n) is 6.25. The number of benzene rings is 2. The van der Waals surface area contributed by atoms with E-state index in [2.05, 4.69) is 57.0 Å². The Hall–Kier alpha value is -2.35. The van der Waals surface area contributed by atoms with E-state index in [9.17, 15) is 8.42 Å². The van der Waals surface area contributed by atoms with E-state index in [0.717, 1.165) is 32.5 Å². The summed E-state index contributed by atoms with van der Waals surface area (Å²) in [6.07, 6.45) is 3.92. The van der Waals surface area contributed by atoms with Crippen LogP contribution < -0.4 is 10.0 Å². The van der Waals surface area contributed by atoms with E-state index in [1.165, 1.54) is 16.5 Å². The van der Waals surface area contributed by atoms with Crippen LogP contribution in [0.15, 0.2) is 59.6 Å². The number of nitrogens with zero attached hydrogens (tertiary/aromatic N) is 2. The number of likely N-dealkylation sites (tertiary alicyclic amines) is 1. The molecule has 3 aromatic rings. The van der Waals surface area contributed by atoms with Crippen LogP contribution in [-0.2, 0) is 23.6 Å². The predicted molar refractivity (Wildman–Crippen MR) is 115 cm³/mol. The highest BCUT2D eigenvalue weighted by molar-refractivity contribution is 7.89. The summed E-state index contributed by atoms with van der Waals surface area (Å²) in [5.74, 6) is 0.280. The number of hydrogen-bond donors (Lipinski definition) is 2. The molecule has 1 atom stereocenters. The third kappa shape index (κ3) is 3.43. The van der Waals surface area contributed by atoms with E-state index in [-0.39, 0.29) is 12.1 Å². The van der Waals surface area contributed by atoms with Crippen molar-refractivity contribution in [3.05, 3.63) is 60.3 Å². The van der Waals surface area contributed by atoms with Gasteiger partial charge in [-0.3, -0.25) is 4.90 Å². The van der Waals surface area contributed by atoms with E-state index >= 15 is 0 Å². The molecule has 0 aliphatic carbocycles. The third-order valence-corrected chi connectivity index (χ3v) is 7.75. The Morgan fingerprint density at radius 1 is 1.03 bits per heavy atom. The summed E-state index contributed by atoms with van der Waals surface area (Å²) >= 11 is 0. The lowest BCUT2D eigenvalue weighted by atomic mass is 9.93. The second-order valence-electron chi connectivity index (χ2n) is 8.14. The SMILES string of the molecule is Cn1cc(CN2CCC(C3Nc4ccccc4S(=O)(=O)N3)CC2)c2ccccc21. The molecule has 2 aliphatic heterocycles. The molecule has 152 valence electrons. The summed E-state index contributed by atoms with van der Waals surface area (Å²) in [7, 11) is -1.36. The normalized spacial score (nSPS) is 22.3. The first-order valence-electron chi connectivity index (χ1n) is 10.1. The van der Waals surface area contributed by atoms with Gasteiger partial charge in [-0.05, 0) is 55.6 Å². The van der Waals surface area contributed by atoms with Crippen molar-refractivity contribution >= 4 is 26.6 Å². The molecule has 0 amide bonds. The lowest BCUT2D eigenvalue weighted by Gasteiger charge is -2.38. The van der Waals surface area contributed by atoms with Crippen molar-refractivity contribution < 1.29 is 8.42 Å². The number of nitrogens with one attached hydrogen (secondary N) is 2. The largest absolute Gasteiger partial charge is 0.368 e. The van der Waals surface area contributed by atoms with Gasteiger partial charge in [0.15, 0.2) is 0 Å². The number of aromatic nitrogens is 1. The number of sulfonamides is 1. The van der Waals surface area contributed by atoms with Crippen LogP contribution >= 0.6 is 0 Å². The Morgan fingerprint density at radius 3 is 2.59 bits per heavy atom.